The molecule has 7 aromatic rings. The highest BCUT2D eigenvalue weighted by molar-refractivity contribution is 6.02. The van der Waals surface area contributed by atoms with Crippen LogP contribution in [-0.2, 0) is 0 Å². The van der Waals surface area contributed by atoms with E-state index in [1.165, 1.54) is 0 Å². The molecular weight excluding hydrogens is 595 g/mol. The van der Waals surface area contributed by atoms with E-state index in [9.17, 15) is 0 Å². The van der Waals surface area contributed by atoms with E-state index in [0.29, 0.717) is 0 Å². The van der Waals surface area contributed by atoms with Crippen LogP contribution in [0.3, 0.4) is 0 Å². The Hall–Kier alpha value is -6.45. The van der Waals surface area contributed by atoms with Gasteiger partial charge in [-0.15, -0.1) is 0 Å². The molecular formula is C46H35N3. The lowest BCUT2D eigenvalue weighted by Crippen LogP contribution is -2.01. The van der Waals surface area contributed by atoms with Gasteiger partial charge in [-0.3, -0.25) is 4.99 Å². The van der Waals surface area contributed by atoms with Gasteiger partial charge in [0.15, 0.2) is 0 Å². The minimum Gasteiger partial charge on any atom is -0.252 e. The Morgan fingerprint density at radius 1 is 0.449 bits per heavy atom. The second-order valence-corrected chi connectivity index (χ2v) is 11.8. The van der Waals surface area contributed by atoms with Gasteiger partial charge in [-0.2, -0.15) is 0 Å². The molecule has 234 valence electrons. The van der Waals surface area contributed by atoms with Crippen molar-refractivity contribution in [2.45, 2.75) is 6.92 Å². The van der Waals surface area contributed by atoms with E-state index in [1.807, 2.05) is 97.9 Å². The summed E-state index contributed by atoms with van der Waals surface area (Å²) in [6, 6.07) is 59.8. The third kappa shape index (κ3) is 7.12. The van der Waals surface area contributed by atoms with Crippen molar-refractivity contribution < 1.29 is 0 Å². The van der Waals surface area contributed by atoms with Crippen LogP contribution in [0.1, 0.15) is 23.6 Å². The molecule has 0 aliphatic carbocycles. The van der Waals surface area contributed by atoms with Crippen molar-refractivity contribution in [2.24, 2.45) is 4.99 Å². The summed E-state index contributed by atoms with van der Waals surface area (Å²) in [7, 11) is 0. The van der Waals surface area contributed by atoms with Gasteiger partial charge in [0.25, 0.3) is 0 Å². The quantitative estimate of drug-likeness (QED) is 0.118. The third-order valence-electron chi connectivity index (χ3n) is 8.40. The summed E-state index contributed by atoms with van der Waals surface area (Å²) in [5, 5.41) is 0. The largest absolute Gasteiger partial charge is 0.252 e. The molecule has 6 aromatic carbocycles. The molecule has 1 heterocycles. The van der Waals surface area contributed by atoms with Crippen molar-refractivity contribution in [3.05, 3.63) is 205 Å². The molecule has 0 saturated heterocycles. The predicted octanol–water partition coefficient (Wildman–Crippen LogP) is 11.7. The zero-order valence-corrected chi connectivity index (χ0v) is 27.4. The summed E-state index contributed by atoms with van der Waals surface area (Å²) in [6.07, 6.45) is 2.07. The first kappa shape index (κ1) is 31.2. The molecule has 3 nitrogen and oxygen atoms in total. The lowest BCUT2D eigenvalue weighted by atomic mass is 9.97. The molecule has 0 aliphatic rings. The van der Waals surface area contributed by atoms with Gasteiger partial charge in [0.1, 0.15) is 0 Å². The maximum atomic E-state index is 5.45. The molecule has 0 aliphatic heterocycles. The number of hydrogen-bond acceptors (Lipinski definition) is 3. The van der Waals surface area contributed by atoms with Crippen LogP contribution in [-0.4, -0.2) is 15.7 Å². The number of benzene rings is 6. The van der Waals surface area contributed by atoms with E-state index in [1.54, 1.807) is 0 Å². The lowest BCUT2D eigenvalue weighted by Gasteiger charge is -2.16. The SMILES string of the molecule is C=C(/C=C(\N=C(/C)c1ccccc1)c1cccc(-c2nc(-c3ccccc3)c(-c3ccccc3)nc2-c2ccccc2)c1)c1ccccc1. The van der Waals surface area contributed by atoms with Gasteiger partial charge in [-0.05, 0) is 35.8 Å². The number of rotatable bonds is 9. The summed E-state index contributed by atoms with van der Waals surface area (Å²) in [5.74, 6) is 0. The van der Waals surface area contributed by atoms with Crippen LogP contribution in [0.25, 0.3) is 56.3 Å². The second kappa shape index (κ2) is 14.5. The van der Waals surface area contributed by atoms with E-state index >= 15 is 0 Å². The molecule has 0 radical (unpaired) electrons. The fourth-order valence-electron chi connectivity index (χ4n) is 5.86. The zero-order valence-electron chi connectivity index (χ0n) is 27.4. The normalized spacial score (nSPS) is 11.7. The molecule has 0 unspecified atom stereocenters. The molecule has 0 spiro atoms. The van der Waals surface area contributed by atoms with Gasteiger partial charge in [0.05, 0.1) is 28.5 Å². The number of aliphatic imine (C=N–C) groups is 1. The maximum Gasteiger partial charge on any atom is 0.0973 e. The average Bonchev–Trinajstić information content (AvgIpc) is 3.19. The maximum absolute atomic E-state index is 5.45. The monoisotopic (exact) mass is 629 g/mol. The molecule has 0 atom stereocenters. The Balaban J connectivity index is 1.44. The van der Waals surface area contributed by atoms with Gasteiger partial charge in [-0.1, -0.05) is 176 Å². The van der Waals surface area contributed by atoms with Gasteiger partial charge in [0.2, 0.25) is 0 Å². The smallest absolute Gasteiger partial charge is 0.0973 e. The highest BCUT2D eigenvalue weighted by Crippen LogP contribution is 2.38. The molecule has 49 heavy (non-hydrogen) atoms. The molecule has 1 aromatic heterocycles. The van der Waals surface area contributed by atoms with Crippen molar-refractivity contribution in [3.8, 4) is 45.0 Å². The topological polar surface area (TPSA) is 38.1 Å². The second-order valence-electron chi connectivity index (χ2n) is 11.8. The third-order valence-corrected chi connectivity index (χ3v) is 8.40. The number of aromatic nitrogens is 2. The molecule has 0 bridgehead atoms. The Morgan fingerprint density at radius 2 is 0.816 bits per heavy atom. The molecule has 0 amide bonds. The predicted molar refractivity (Wildman–Crippen MR) is 206 cm³/mol. The van der Waals surface area contributed by atoms with Gasteiger partial charge >= 0.3 is 0 Å². The minimum atomic E-state index is 0.802. The van der Waals surface area contributed by atoms with Crippen molar-refractivity contribution >= 4 is 17.0 Å². The van der Waals surface area contributed by atoms with E-state index < -0.39 is 0 Å². The van der Waals surface area contributed by atoms with Crippen LogP contribution in [0, 0.1) is 0 Å². The van der Waals surface area contributed by atoms with Gasteiger partial charge in [0, 0.05) is 33.5 Å². The van der Waals surface area contributed by atoms with E-state index in [4.69, 9.17) is 15.0 Å². The van der Waals surface area contributed by atoms with Crippen molar-refractivity contribution in [2.75, 3.05) is 0 Å². The summed E-state index contributed by atoms with van der Waals surface area (Å²) in [4.78, 5) is 16.0. The first-order valence-electron chi connectivity index (χ1n) is 16.4. The van der Waals surface area contributed by atoms with Crippen LogP contribution >= 0.6 is 0 Å². The fraction of sp³-hybridized carbons (Fsp3) is 0.0217. The molecule has 0 N–H and O–H groups in total. The van der Waals surface area contributed by atoms with Crippen molar-refractivity contribution in [3.63, 3.8) is 0 Å². The molecule has 0 saturated carbocycles. The summed E-state index contributed by atoms with van der Waals surface area (Å²) < 4.78 is 0. The van der Waals surface area contributed by atoms with E-state index in [2.05, 4.69) is 97.6 Å². The Morgan fingerprint density at radius 3 is 1.29 bits per heavy atom. The van der Waals surface area contributed by atoms with Crippen molar-refractivity contribution in [1.29, 1.82) is 0 Å². The Kier molecular flexibility index (Phi) is 9.25. The lowest BCUT2D eigenvalue weighted by molar-refractivity contribution is 1.21. The number of allylic oxidation sites excluding steroid dienone is 2. The molecule has 3 heteroatoms. The van der Waals surface area contributed by atoms with Gasteiger partial charge < -0.3 is 0 Å². The summed E-state index contributed by atoms with van der Waals surface area (Å²) in [5.41, 5.74) is 13.0. The summed E-state index contributed by atoms with van der Waals surface area (Å²) in [6.45, 7) is 6.47. The minimum absolute atomic E-state index is 0.802. The number of hydrogen-bond donors (Lipinski definition) is 0. The average molecular weight is 630 g/mol. The highest BCUT2D eigenvalue weighted by atomic mass is 14.9. The number of nitrogens with zero attached hydrogens (tertiary/aromatic N) is 3. The van der Waals surface area contributed by atoms with Crippen LogP contribution in [0.15, 0.2) is 194 Å². The van der Waals surface area contributed by atoms with Crippen LogP contribution in [0.5, 0.6) is 0 Å². The molecule has 7 rings (SSSR count). The van der Waals surface area contributed by atoms with Crippen LogP contribution in [0.2, 0.25) is 0 Å². The van der Waals surface area contributed by atoms with E-state index in [-0.39, 0.29) is 0 Å². The van der Waals surface area contributed by atoms with E-state index in [0.717, 1.165) is 78.7 Å². The van der Waals surface area contributed by atoms with Crippen LogP contribution in [0.4, 0.5) is 0 Å². The molecule has 0 fully saturated rings. The standard InChI is InChI=1S/C46H35N3/c1-33(35-19-8-3-9-20-35)31-42(47-34(2)36-21-10-4-11-22-36)40-29-18-30-41(32-40)46-45(39-27-16-7-17-28-39)48-43(37-23-12-5-13-24-37)44(49-46)38-25-14-6-15-26-38/h3-32H,1H2,2H3/b42-31-,47-34+. The first-order chi connectivity index (χ1) is 24.1. The van der Waals surface area contributed by atoms with Crippen LogP contribution < -0.4 is 0 Å². The van der Waals surface area contributed by atoms with Gasteiger partial charge in [-0.25, -0.2) is 9.97 Å². The fourth-order valence-corrected chi connectivity index (χ4v) is 5.86. The summed E-state index contributed by atoms with van der Waals surface area (Å²) >= 11 is 0. The Bertz CT molecular complexity index is 2260. The van der Waals surface area contributed by atoms with Crippen molar-refractivity contribution in [1.82, 2.24) is 9.97 Å². The zero-order chi connectivity index (χ0) is 33.4. The highest BCUT2D eigenvalue weighted by Gasteiger charge is 2.20. The first-order valence-corrected chi connectivity index (χ1v) is 16.4. The Labute approximate surface area is 288 Å².